The SMILES string of the molecule is CC1(C)CCN(S(=O)(=O)c2ccc(CN)s2)C1. The predicted molar refractivity (Wildman–Crippen MR) is 69.4 cm³/mol. The van der Waals surface area contributed by atoms with E-state index in [2.05, 4.69) is 13.8 Å². The molecule has 17 heavy (non-hydrogen) atoms. The van der Waals surface area contributed by atoms with Crippen molar-refractivity contribution >= 4 is 21.4 Å². The molecule has 2 rings (SSSR count). The molecule has 1 aromatic rings. The average molecular weight is 274 g/mol. The summed E-state index contributed by atoms with van der Waals surface area (Å²) in [5, 5.41) is 0. The van der Waals surface area contributed by atoms with Gasteiger partial charge in [-0.15, -0.1) is 11.3 Å². The van der Waals surface area contributed by atoms with Gasteiger partial charge in [-0.05, 0) is 24.0 Å². The van der Waals surface area contributed by atoms with Crippen molar-refractivity contribution in [1.82, 2.24) is 4.31 Å². The van der Waals surface area contributed by atoms with Crippen LogP contribution in [-0.4, -0.2) is 25.8 Å². The maximum absolute atomic E-state index is 12.3. The molecule has 4 nitrogen and oxygen atoms in total. The molecule has 0 aliphatic carbocycles. The van der Waals surface area contributed by atoms with Gasteiger partial charge in [-0.3, -0.25) is 0 Å². The van der Waals surface area contributed by atoms with Gasteiger partial charge in [0.15, 0.2) is 0 Å². The van der Waals surface area contributed by atoms with E-state index in [9.17, 15) is 8.42 Å². The zero-order valence-electron chi connectivity index (χ0n) is 10.1. The molecule has 2 N–H and O–H groups in total. The van der Waals surface area contributed by atoms with Gasteiger partial charge >= 0.3 is 0 Å². The van der Waals surface area contributed by atoms with Crippen molar-refractivity contribution in [2.75, 3.05) is 13.1 Å². The number of hydrogen-bond acceptors (Lipinski definition) is 4. The molecule has 2 heterocycles. The van der Waals surface area contributed by atoms with Gasteiger partial charge in [0.05, 0.1) is 0 Å². The summed E-state index contributed by atoms with van der Waals surface area (Å²) < 4.78 is 26.7. The lowest BCUT2D eigenvalue weighted by atomic mass is 9.93. The van der Waals surface area contributed by atoms with Crippen LogP contribution >= 0.6 is 11.3 Å². The Kier molecular flexibility index (Phi) is 3.33. The van der Waals surface area contributed by atoms with E-state index in [-0.39, 0.29) is 5.41 Å². The number of nitrogens with zero attached hydrogens (tertiary/aromatic N) is 1. The van der Waals surface area contributed by atoms with Gasteiger partial charge in [-0.1, -0.05) is 13.8 Å². The Balaban J connectivity index is 2.25. The number of rotatable bonds is 3. The minimum atomic E-state index is -3.30. The standard InChI is InChI=1S/C11H18N2O2S2/c1-11(2)5-6-13(8-11)17(14,15)10-4-3-9(7-12)16-10/h3-4H,5-8,12H2,1-2H3. The van der Waals surface area contributed by atoms with Gasteiger partial charge in [-0.25, -0.2) is 8.42 Å². The summed E-state index contributed by atoms with van der Waals surface area (Å²) in [6, 6.07) is 3.45. The van der Waals surface area contributed by atoms with E-state index in [0.29, 0.717) is 23.8 Å². The highest BCUT2D eigenvalue weighted by molar-refractivity contribution is 7.91. The van der Waals surface area contributed by atoms with Gasteiger partial charge in [0, 0.05) is 24.5 Å². The van der Waals surface area contributed by atoms with Crippen LogP contribution in [0.1, 0.15) is 25.1 Å². The third-order valence-corrected chi connectivity index (χ3v) is 6.49. The van der Waals surface area contributed by atoms with E-state index in [1.54, 1.807) is 16.4 Å². The Morgan fingerprint density at radius 3 is 2.65 bits per heavy atom. The van der Waals surface area contributed by atoms with Crippen molar-refractivity contribution in [1.29, 1.82) is 0 Å². The van der Waals surface area contributed by atoms with Crippen molar-refractivity contribution in [3.63, 3.8) is 0 Å². The van der Waals surface area contributed by atoms with Crippen LogP contribution in [0.25, 0.3) is 0 Å². The van der Waals surface area contributed by atoms with Gasteiger partial charge in [-0.2, -0.15) is 4.31 Å². The molecule has 1 saturated heterocycles. The van der Waals surface area contributed by atoms with Crippen molar-refractivity contribution < 1.29 is 8.42 Å². The molecular formula is C11H18N2O2S2. The summed E-state index contributed by atoms with van der Waals surface area (Å²) in [5.74, 6) is 0. The normalized spacial score (nSPS) is 20.9. The van der Waals surface area contributed by atoms with Crippen LogP contribution in [0.2, 0.25) is 0 Å². The Hall–Kier alpha value is -0.430. The fourth-order valence-electron chi connectivity index (χ4n) is 2.00. The van der Waals surface area contributed by atoms with Crippen molar-refractivity contribution in [3.05, 3.63) is 17.0 Å². The second-order valence-corrected chi connectivity index (χ2v) is 8.51. The van der Waals surface area contributed by atoms with Crippen LogP contribution in [0.3, 0.4) is 0 Å². The van der Waals surface area contributed by atoms with Crippen LogP contribution < -0.4 is 5.73 Å². The second kappa shape index (κ2) is 4.35. The molecule has 1 fully saturated rings. The van der Waals surface area contributed by atoms with Gasteiger partial charge in [0.1, 0.15) is 4.21 Å². The number of sulfonamides is 1. The predicted octanol–water partition coefficient (Wildman–Crippen LogP) is 1.63. The minimum absolute atomic E-state index is 0.0844. The molecule has 0 radical (unpaired) electrons. The zero-order valence-corrected chi connectivity index (χ0v) is 11.8. The highest BCUT2D eigenvalue weighted by Crippen LogP contribution is 2.34. The molecule has 0 saturated carbocycles. The van der Waals surface area contributed by atoms with Crippen LogP contribution in [0.4, 0.5) is 0 Å². The minimum Gasteiger partial charge on any atom is -0.326 e. The largest absolute Gasteiger partial charge is 0.326 e. The highest BCUT2D eigenvalue weighted by Gasteiger charge is 2.37. The molecule has 6 heteroatoms. The second-order valence-electron chi connectivity index (χ2n) is 5.18. The summed E-state index contributed by atoms with van der Waals surface area (Å²) in [5.41, 5.74) is 5.59. The number of nitrogens with two attached hydrogens (primary N) is 1. The van der Waals surface area contributed by atoms with Crippen LogP contribution in [0, 0.1) is 5.41 Å². The zero-order chi connectivity index (χ0) is 12.7. The van der Waals surface area contributed by atoms with Gasteiger partial charge < -0.3 is 5.73 Å². The molecule has 0 amide bonds. The van der Waals surface area contributed by atoms with Crippen molar-refractivity contribution in [2.24, 2.45) is 11.1 Å². The van der Waals surface area contributed by atoms with Crippen LogP contribution in [0.5, 0.6) is 0 Å². The van der Waals surface area contributed by atoms with E-state index < -0.39 is 10.0 Å². The molecule has 1 aromatic heterocycles. The molecule has 0 aromatic carbocycles. The maximum atomic E-state index is 12.3. The molecule has 0 bridgehead atoms. The molecule has 0 atom stereocenters. The first-order valence-corrected chi connectivity index (χ1v) is 7.90. The summed E-state index contributed by atoms with van der Waals surface area (Å²) in [6.45, 7) is 5.81. The van der Waals surface area contributed by atoms with E-state index >= 15 is 0 Å². The number of thiophene rings is 1. The Morgan fingerprint density at radius 2 is 2.18 bits per heavy atom. The van der Waals surface area contributed by atoms with E-state index in [1.807, 2.05) is 0 Å². The lowest BCUT2D eigenvalue weighted by Crippen LogP contribution is -2.29. The third-order valence-electron chi connectivity index (χ3n) is 3.07. The Morgan fingerprint density at radius 1 is 1.47 bits per heavy atom. The van der Waals surface area contributed by atoms with E-state index in [1.165, 1.54) is 11.3 Å². The van der Waals surface area contributed by atoms with E-state index in [0.717, 1.165) is 11.3 Å². The van der Waals surface area contributed by atoms with E-state index in [4.69, 9.17) is 5.73 Å². The number of hydrogen-bond donors (Lipinski definition) is 1. The summed E-state index contributed by atoms with van der Waals surface area (Å²) in [7, 11) is -3.30. The topological polar surface area (TPSA) is 63.4 Å². The van der Waals surface area contributed by atoms with Crippen molar-refractivity contribution in [2.45, 2.75) is 31.0 Å². The molecule has 0 unspecified atom stereocenters. The first kappa shape index (κ1) is 13.0. The molecule has 1 aliphatic rings. The first-order chi connectivity index (χ1) is 7.85. The monoisotopic (exact) mass is 274 g/mol. The van der Waals surface area contributed by atoms with Crippen molar-refractivity contribution in [3.8, 4) is 0 Å². The summed E-state index contributed by atoms with van der Waals surface area (Å²) >= 11 is 1.27. The van der Waals surface area contributed by atoms with Crippen LogP contribution in [-0.2, 0) is 16.6 Å². The Bertz CT molecular complexity index is 505. The fraction of sp³-hybridized carbons (Fsp3) is 0.636. The molecule has 0 spiro atoms. The lowest BCUT2D eigenvalue weighted by molar-refractivity contribution is 0.376. The average Bonchev–Trinajstić information content (AvgIpc) is 2.84. The maximum Gasteiger partial charge on any atom is 0.252 e. The smallest absolute Gasteiger partial charge is 0.252 e. The molecule has 96 valence electrons. The summed E-state index contributed by atoms with van der Waals surface area (Å²) in [6.07, 6.45) is 0.918. The van der Waals surface area contributed by atoms with Gasteiger partial charge in [0.25, 0.3) is 10.0 Å². The Labute approximate surface area is 106 Å². The van der Waals surface area contributed by atoms with Crippen LogP contribution in [0.15, 0.2) is 16.3 Å². The lowest BCUT2D eigenvalue weighted by Gasteiger charge is -2.18. The fourth-order valence-corrected chi connectivity index (χ4v) is 5.02. The molecular weight excluding hydrogens is 256 g/mol. The highest BCUT2D eigenvalue weighted by atomic mass is 32.2. The summed E-state index contributed by atoms with van der Waals surface area (Å²) in [4.78, 5) is 0.905. The molecule has 1 aliphatic heterocycles. The first-order valence-electron chi connectivity index (χ1n) is 5.64. The third kappa shape index (κ3) is 2.54. The van der Waals surface area contributed by atoms with Gasteiger partial charge in [0.2, 0.25) is 0 Å². The quantitative estimate of drug-likeness (QED) is 0.911.